The normalized spacial score (nSPS) is 14.6. The van der Waals surface area contributed by atoms with Crippen LogP contribution in [0.25, 0.3) is 17.0 Å². The molecule has 212 valence electrons. The minimum Gasteiger partial charge on any atom is -0.347 e. The van der Waals surface area contributed by atoms with Crippen molar-refractivity contribution in [3.63, 3.8) is 0 Å². The molecule has 14 heteroatoms. The maximum atomic E-state index is 13.2. The molecular weight excluding hydrogens is 547 g/mol. The van der Waals surface area contributed by atoms with Crippen LogP contribution >= 0.6 is 0 Å². The Hall–Kier alpha value is -3.78. The maximum Gasteiger partial charge on any atom is 0.511 e. The Bertz CT molecular complexity index is 1680. The smallest absolute Gasteiger partial charge is 0.347 e. The summed E-state index contributed by atoms with van der Waals surface area (Å²) in [4.78, 5) is 22.1. The number of aryl methyl sites for hydroxylation is 1. The van der Waals surface area contributed by atoms with Crippen molar-refractivity contribution < 1.29 is 26.4 Å². The first-order valence-electron chi connectivity index (χ1n) is 12.8. The Labute approximate surface area is 228 Å². The van der Waals surface area contributed by atoms with Gasteiger partial charge in [0.15, 0.2) is 5.82 Å². The number of sulfonamides is 1. The second-order valence-corrected chi connectivity index (χ2v) is 11.8. The number of benzene rings is 1. The Morgan fingerprint density at radius 1 is 1.07 bits per heavy atom. The Kier molecular flexibility index (Phi) is 7.17. The number of aromatic nitrogens is 5. The summed E-state index contributed by atoms with van der Waals surface area (Å²) in [5, 5.41) is 7.29. The summed E-state index contributed by atoms with van der Waals surface area (Å²) < 4.78 is 66.0. The van der Waals surface area contributed by atoms with Crippen molar-refractivity contribution in [2.45, 2.75) is 58.3 Å². The van der Waals surface area contributed by atoms with E-state index in [2.05, 4.69) is 34.2 Å². The third-order valence-electron chi connectivity index (χ3n) is 6.86. The highest BCUT2D eigenvalue weighted by molar-refractivity contribution is 7.89. The summed E-state index contributed by atoms with van der Waals surface area (Å²) in [6.45, 7) is 5.49. The summed E-state index contributed by atoms with van der Waals surface area (Å²) >= 11 is 0. The Morgan fingerprint density at radius 3 is 2.45 bits per heavy atom. The molecule has 0 bridgehead atoms. The van der Waals surface area contributed by atoms with E-state index in [-0.39, 0.29) is 37.2 Å². The lowest BCUT2D eigenvalue weighted by Crippen LogP contribution is -2.44. The number of hydrogen-bond donors (Lipinski definition) is 1. The zero-order valence-corrected chi connectivity index (χ0v) is 22.9. The van der Waals surface area contributed by atoms with E-state index in [4.69, 9.17) is 0 Å². The van der Waals surface area contributed by atoms with Crippen LogP contribution in [0.4, 0.5) is 13.2 Å². The van der Waals surface area contributed by atoms with E-state index in [1.807, 2.05) is 29.7 Å². The van der Waals surface area contributed by atoms with Gasteiger partial charge in [-0.2, -0.15) is 22.6 Å². The third kappa shape index (κ3) is 5.08. The van der Waals surface area contributed by atoms with Gasteiger partial charge in [0, 0.05) is 24.8 Å². The minimum absolute atomic E-state index is 0.0382. The van der Waals surface area contributed by atoms with E-state index in [0.29, 0.717) is 39.2 Å². The van der Waals surface area contributed by atoms with Crippen LogP contribution in [0.3, 0.4) is 0 Å². The van der Waals surface area contributed by atoms with E-state index in [0.717, 1.165) is 11.1 Å². The lowest BCUT2D eigenvalue weighted by molar-refractivity contribution is -0.0496. The monoisotopic (exact) mass is 575 g/mol. The first kappa shape index (κ1) is 27.8. The number of carbonyl (C=O) groups is 1. The number of imidazole rings is 1. The molecule has 0 unspecified atom stereocenters. The third-order valence-corrected chi connectivity index (χ3v) is 8.43. The second-order valence-electron chi connectivity index (χ2n) is 9.84. The van der Waals surface area contributed by atoms with Gasteiger partial charge in [0.1, 0.15) is 17.2 Å². The molecule has 1 aliphatic rings. The van der Waals surface area contributed by atoms with Gasteiger partial charge in [-0.05, 0) is 29.5 Å². The van der Waals surface area contributed by atoms with Gasteiger partial charge in [-0.1, -0.05) is 51.1 Å². The van der Waals surface area contributed by atoms with Gasteiger partial charge in [0.2, 0.25) is 0 Å². The number of hydrogen-bond acceptors (Lipinski definition) is 6. The second kappa shape index (κ2) is 10.3. The summed E-state index contributed by atoms with van der Waals surface area (Å²) in [5.74, 6) is 0.464. The van der Waals surface area contributed by atoms with Crippen LogP contribution in [0.15, 0.2) is 42.6 Å². The van der Waals surface area contributed by atoms with Gasteiger partial charge < -0.3 is 5.32 Å². The number of rotatable bonds is 7. The number of fused-ring (bicyclic) bond motifs is 2. The van der Waals surface area contributed by atoms with E-state index in [9.17, 15) is 26.4 Å². The largest absolute Gasteiger partial charge is 0.511 e. The fourth-order valence-corrected chi connectivity index (χ4v) is 5.46. The molecule has 4 heterocycles. The molecule has 0 aliphatic carbocycles. The van der Waals surface area contributed by atoms with Crippen molar-refractivity contribution in [3.8, 4) is 11.4 Å². The van der Waals surface area contributed by atoms with E-state index >= 15 is 0 Å². The van der Waals surface area contributed by atoms with E-state index in [1.165, 1.54) is 4.68 Å². The maximum absolute atomic E-state index is 13.2. The SMILES string of the molecule is CCc1nc2ccc(C(C)C)cn2c1C(=O)NCc1ccc(-c2nc3n(n2)CCN(S(=O)(=O)C(F)(F)F)C3)cc1. The number of nitrogens with zero attached hydrogens (tertiary/aromatic N) is 6. The molecule has 1 aliphatic heterocycles. The molecule has 0 radical (unpaired) electrons. The van der Waals surface area contributed by atoms with Crippen LogP contribution < -0.4 is 5.32 Å². The van der Waals surface area contributed by atoms with Crippen LogP contribution in [0.5, 0.6) is 0 Å². The van der Waals surface area contributed by atoms with Gasteiger partial charge in [-0.3, -0.25) is 9.20 Å². The van der Waals surface area contributed by atoms with Crippen molar-refractivity contribution in [3.05, 3.63) is 70.9 Å². The van der Waals surface area contributed by atoms with Gasteiger partial charge in [0.25, 0.3) is 5.91 Å². The predicted molar refractivity (Wildman–Crippen MR) is 141 cm³/mol. The quantitative estimate of drug-likeness (QED) is 0.358. The highest BCUT2D eigenvalue weighted by atomic mass is 32.2. The number of amides is 1. The molecule has 10 nitrogen and oxygen atoms in total. The topological polar surface area (TPSA) is 114 Å². The zero-order chi connectivity index (χ0) is 28.8. The molecule has 1 aromatic carbocycles. The highest BCUT2D eigenvalue weighted by Gasteiger charge is 2.50. The molecule has 0 fully saturated rings. The number of alkyl halides is 3. The van der Waals surface area contributed by atoms with Gasteiger partial charge in [0.05, 0.1) is 18.8 Å². The first-order valence-corrected chi connectivity index (χ1v) is 14.2. The summed E-state index contributed by atoms with van der Waals surface area (Å²) in [5.41, 5.74) is -0.914. The standard InChI is InChI=1S/C26H28F3N7O3S/c1-4-20-23(35-14-19(16(2)3)9-10-21(35)31-20)25(37)30-13-17-5-7-18(8-6-17)24-32-22-15-34(11-12-36(22)33-24)40(38,39)26(27,28)29/h5-10,14,16H,4,11-13,15H2,1-3H3,(H,30,37). The van der Waals surface area contributed by atoms with Crippen LogP contribution in [-0.4, -0.2) is 54.8 Å². The molecular formula is C26H28F3N7O3S. The van der Waals surface area contributed by atoms with E-state index in [1.54, 1.807) is 24.3 Å². The average Bonchev–Trinajstić information content (AvgIpc) is 3.51. The average molecular weight is 576 g/mol. The molecule has 0 spiro atoms. The number of carbonyl (C=O) groups excluding carboxylic acids is 1. The van der Waals surface area contributed by atoms with Gasteiger partial charge in [-0.25, -0.2) is 23.1 Å². The number of nitrogens with one attached hydrogen (secondary N) is 1. The van der Waals surface area contributed by atoms with Crippen LogP contribution in [0, 0.1) is 0 Å². The Morgan fingerprint density at radius 2 is 1.80 bits per heavy atom. The molecule has 4 aromatic rings. The fourth-order valence-electron chi connectivity index (χ4n) is 4.56. The molecule has 3 aromatic heterocycles. The van der Waals surface area contributed by atoms with Gasteiger partial charge in [-0.15, -0.1) is 0 Å². The molecule has 1 N–H and O–H groups in total. The first-order chi connectivity index (χ1) is 18.9. The molecule has 40 heavy (non-hydrogen) atoms. The predicted octanol–water partition coefficient (Wildman–Crippen LogP) is 3.87. The van der Waals surface area contributed by atoms with Gasteiger partial charge >= 0.3 is 15.5 Å². The molecule has 5 rings (SSSR count). The lowest BCUT2D eigenvalue weighted by atomic mass is 10.1. The minimum atomic E-state index is -5.44. The highest BCUT2D eigenvalue weighted by Crippen LogP contribution is 2.30. The molecule has 1 amide bonds. The molecule has 0 atom stereocenters. The fraction of sp³-hybridized carbons (Fsp3) is 0.385. The van der Waals surface area contributed by atoms with Crippen molar-refractivity contribution >= 4 is 21.6 Å². The molecule has 0 saturated heterocycles. The lowest BCUT2D eigenvalue weighted by Gasteiger charge is -2.26. The summed E-state index contributed by atoms with van der Waals surface area (Å²) in [6, 6.07) is 11.0. The van der Waals surface area contributed by atoms with Crippen LogP contribution in [-0.2, 0) is 36.1 Å². The van der Waals surface area contributed by atoms with Crippen LogP contribution in [0.1, 0.15) is 59.8 Å². The van der Waals surface area contributed by atoms with Crippen molar-refractivity contribution in [2.24, 2.45) is 0 Å². The van der Waals surface area contributed by atoms with Crippen molar-refractivity contribution in [1.82, 2.24) is 33.8 Å². The Balaban J connectivity index is 1.29. The number of halogens is 3. The summed E-state index contributed by atoms with van der Waals surface area (Å²) in [7, 11) is -5.44. The van der Waals surface area contributed by atoms with Crippen LogP contribution in [0.2, 0.25) is 0 Å². The van der Waals surface area contributed by atoms with Crippen molar-refractivity contribution in [2.75, 3.05) is 6.54 Å². The number of pyridine rings is 1. The zero-order valence-electron chi connectivity index (χ0n) is 22.1. The van der Waals surface area contributed by atoms with E-state index < -0.39 is 22.1 Å². The molecule has 0 saturated carbocycles. The summed E-state index contributed by atoms with van der Waals surface area (Å²) in [6.07, 6.45) is 2.56. The van der Waals surface area contributed by atoms with Crippen molar-refractivity contribution in [1.29, 1.82) is 0 Å².